The summed E-state index contributed by atoms with van der Waals surface area (Å²) in [5.41, 5.74) is -2.93. The zero-order chi connectivity index (χ0) is 27.1. The van der Waals surface area contributed by atoms with E-state index in [0.717, 1.165) is 0 Å². The molecule has 0 saturated carbocycles. The molecular weight excluding hydrogens is 494 g/mol. The lowest BCUT2D eigenvalue weighted by Crippen LogP contribution is -2.24. The lowest BCUT2D eigenvalue weighted by Gasteiger charge is -2.20. The van der Waals surface area contributed by atoms with Crippen LogP contribution in [0.15, 0.2) is 39.6 Å². The van der Waals surface area contributed by atoms with Gasteiger partial charge in [0.05, 0.1) is 19.1 Å². The largest absolute Gasteiger partial charge is 0.493 e. The number of carbonyl (C=O) groups excluding carboxylic acids is 1. The summed E-state index contributed by atoms with van der Waals surface area (Å²) in [6.07, 6.45) is -9.28. The summed E-state index contributed by atoms with van der Waals surface area (Å²) >= 11 is 0. The first-order chi connectivity index (χ1) is 16.8. The van der Waals surface area contributed by atoms with Gasteiger partial charge < -0.3 is 13.9 Å². The number of esters is 1. The Kier molecular flexibility index (Phi) is 10.0. The van der Waals surface area contributed by atoms with Gasteiger partial charge in [0, 0.05) is 17.0 Å². The second-order valence-corrected chi connectivity index (χ2v) is 8.44. The third-order valence-electron chi connectivity index (χ3n) is 5.48. The van der Waals surface area contributed by atoms with E-state index in [1.54, 1.807) is 6.92 Å². The van der Waals surface area contributed by atoms with Crippen LogP contribution in [-0.4, -0.2) is 25.4 Å². The average molecular weight is 522 g/mol. The Hall–Kier alpha value is -2.98. The monoisotopic (exact) mass is 522 g/mol. The zero-order valence-electron chi connectivity index (χ0n) is 20.0. The Morgan fingerprint density at radius 3 is 2.28 bits per heavy atom. The van der Waals surface area contributed by atoms with E-state index in [2.05, 4.69) is 6.58 Å². The van der Waals surface area contributed by atoms with E-state index in [-0.39, 0.29) is 73.2 Å². The van der Waals surface area contributed by atoms with E-state index in [0.29, 0.717) is 6.42 Å². The predicted octanol–water partition coefficient (Wildman–Crippen LogP) is 7.00. The molecule has 0 N–H and O–H groups in total. The SMILES string of the molecule is C=C(C)C(=O)OCCCC(CCCOc1ccc2c(CCC)c(C(F)(F)F)c(=O)oc2c1)C(F)(F)F. The summed E-state index contributed by atoms with van der Waals surface area (Å²) < 4.78 is 95.3. The van der Waals surface area contributed by atoms with Crippen LogP contribution in [0.25, 0.3) is 11.0 Å². The quantitative estimate of drug-likeness (QED) is 0.0987. The Labute approximate surface area is 204 Å². The molecule has 5 nitrogen and oxygen atoms in total. The third kappa shape index (κ3) is 8.03. The van der Waals surface area contributed by atoms with Crippen molar-refractivity contribution in [3.8, 4) is 5.75 Å². The van der Waals surface area contributed by atoms with Crippen molar-refractivity contribution >= 4 is 16.9 Å². The Bertz CT molecular complexity index is 1120. The topological polar surface area (TPSA) is 65.7 Å². The molecule has 0 spiro atoms. The highest BCUT2D eigenvalue weighted by atomic mass is 19.4. The maximum absolute atomic E-state index is 13.4. The van der Waals surface area contributed by atoms with Gasteiger partial charge in [0.25, 0.3) is 0 Å². The molecule has 0 aliphatic rings. The van der Waals surface area contributed by atoms with Crippen LogP contribution in [0.1, 0.15) is 57.1 Å². The van der Waals surface area contributed by atoms with Crippen LogP contribution >= 0.6 is 0 Å². The first kappa shape index (κ1) is 29.3. The number of carbonyl (C=O) groups is 1. The molecule has 0 bridgehead atoms. The van der Waals surface area contributed by atoms with Crippen molar-refractivity contribution in [3.63, 3.8) is 0 Å². The van der Waals surface area contributed by atoms with Crippen molar-refractivity contribution in [2.75, 3.05) is 13.2 Å². The molecular formula is C25H28F6O5. The van der Waals surface area contributed by atoms with Crippen LogP contribution in [0.2, 0.25) is 0 Å². The van der Waals surface area contributed by atoms with Crippen LogP contribution < -0.4 is 10.4 Å². The van der Waals surface area contributed by atoms with Gasteiger partial charge in [0.15, 0.2) is 0 Å². The number of aryl methyl sites for hydroxylation is 1. The second-order valence-electron chi connectivity index (χ2n) is 8.44. The fourth-order valence-corrected chi connectivity index (χ4v) is 3.74. The maximum Gasteiger partial charge on any atom is 0.423 e. The van der Waals surface area contributed by atoms with Gasteiger partial charge >= 0.3 is 23.9 Å². The van der Waals surface area contributed by atoms with Gasteiger partial charge in [-0.15, -0.1) is 0 Å². The molecule has 11 heteroatoms. The van der Waals surface area contributed by atoms with Crippen LogP contribution in [0.4, 0.5) is 26.3 Å². The van der Waals surface area contributed by atoms with E-state index in [4.69, 9.17) is 13.9 Å². The van der Waals surface area contributed by atoms with Gasteiger partial charge in [0.1, 0.15) is 16.9 Å². The van der Waals surface area contributed by atoms with E-state index in [1.165, 1.54) is 25.1 Å². The molecule has 1 unspecified atom stereocenters. The molecule has 200 valence electrons. The first-order valence-electron chi connectivity index (χ1n) is 11.4. The predicted molar refractivity (Wildman–Crippen MR) is 121 cm³/mol. The highest BCUT2D eigenvalue weighted by molar-refractivity contribution is 5.86. The van der Waals surface area contributed by atoms with Crippen LogP contribution in [-0.2, 0) is 22.1 Å². The molecule has 1 aromatic heterocycles. The minimum absolute atomic E-state index is 0.0162. The number of rotatable bonds is 12. The van der Waals surface area contributed by atoms with E-state index >= 15 is 0 Å². The molecule has 2 rings (SSSR count). The zero-order valence-corrected chi connectivity index (χ0v) is 20.0. The molecule has 2 aromatic rings. The number of ether oxygens (including phenoxy) is 2. The number of fused-ring (bicyclic) bond motifs is 1. The minimum Gasteiger partial charge on any atom is -0.493 e. The molecule has 0 fully saturated rings. The highest BCUT2D eigenvalue weighted by Gasteiger charge is 2.39. The average Bonchev–Trinajstić information content (AvgIpc) is 2.75. The number of alkyl halides is 6. The number of hydrogen-bond acceptors (Lipinski definition) is 5. The summed E-state index contributed by atoms with van der Waals surface area (Å²) in [5.74, 6) is -2.12. The molecule has 0 saturated heterocycles. The van der Waals surface area contributed by atoms with Gasteiger partial charge in [0.2, 0.25) is 0 Å². The highest BCUT2D eigenvalue weighted by Crippen LogP contribution is 2.35. The van der Waals surface area contributed by atoms with Gasteiger partial charge in [-0.2, -0.15) is 26.3 Å². The smallest absolute Gasteiger partial charge is 0.423 e. The molecule has 1 heterocycles. The molecule has 1 atom stereocenters. The lowest BCUT2D eigenvalue weighted by molar-refractivity contribution is -0.179. The molecule has 1 aromatic carbocycles. The molecule has 36 heavy (non-hydrogen) atoms. The van der Waals surface area contributed by atoms with Crippen molar-refractivity contribution < 1.29 is 45.0 Å². The van der Waals surface area contributed by atoms with Crippen molar-refractivity contribution in [2.24, 2.45) is 5.92 Å². The normalized spacial score (nSPS) is 13.0. The van der Waals surface area contributed by atoms with Crippen molar-refractivity contribution in [1.29, 1.82) is 0 Å². The fraction of sp³-hybridized carbons (Fsp3) is 0.520. The Morgan fingerprint density at radius 1 is 1.08 bits per heavy atom. The van der Waals surface area contributed by atoms with Crippen LogP contribution in [0.3, 0.4) is 0 Å². The van der Waals surface area contributed by atoms with Gasteiger partial charge in [-0.05, 0) is 56.7 Å². The minimum atomic E-state index is -4.87. The molecule has 0 radical (unpaired) electrons. The number of benzene rings is 1. The van der Waals surface area contributed by atoms with E-state index in [1.807, 2.05) is 0 Å². The number of halogens is 6. The molecule has 0 aliphatic heterocycles. The summed E-state index contributed by atoms with van der Waals surface area (Å²) in [6, 6.07) is 3.99. The molecule has 0 aliphatic carbocycles. The standard InChI is InChI=1S/C25H28F6O5/c1-4-7-19-18-11-10-17(14-20(18)36-23(33)21(19)25(29,30)31)34-12-5-8-16(24(26,27)28)9-6-13-35-22(32)15(2)3/h10-11,14,16H,2,4-9,12-13H2,1,3H3. The molecule has 0 amide bonds. The van der Waals surface area contributed by atoms with Crippen molar-refractivity contribution in [3.05, 3.63) is 51.9 Å². The summed E-state index contributed by atoms with van der Waals surface area (Å²) in [5, 5.41) is 0.126. The van der Waals surface area contributed by atoms with Crippen molar-refractivity contribution in [1.82, 2.24) is 0 Å². The summed E-state index contributed by atoms with van der Waals surface area (Å²) in [4.78, 5) is 23.3. The lowest BCUT2D eigenvalue weighted by atomic mass is 9.97. The van der Waals surface area contributed by atoms with Gasteiger partial charge in [-0.25, -0.2) is 9.59 Å². The van der Waals surface area contributed by atoms with E-state index < -0.39 is 35.4 Å². The van der Waals surface area contributed by atoms with Gasteiger partial charge in [-0.1, -0.05) is 19.9 Å². The first-order valence-corrected chi connectivity index (χ1v) is 11.4. The van der Waals surface area contributed by atoms with Crippen LogP contribution in [0, 0.1) is 5.92 Å². The van der Waals surface area contributed by atoms with Crippen molar-refractivity contribution in [2.45, 2.75) is 64.7 Å². The Balaban J connectivity index is 2.02. The fourth-order valence-electron chi connectivity index (χ4n) is 3.74. The third-order valence-corrected chi connectivity index (χ3v) is 5.48. The van der Waals surface area contributed by atoms with Gasteiger partial charge in [-0.3, -0.25) is 0 Å². The summed E-state index contributed by atoms with van der Waals surface area (Å²) in [7, 11) is 0. The second kappa shape index (κ2) is 12.3. The maximum atomic E-state index is 13.4. The summed E-state index contributed by atoms with van der Waals surface area (Å²) in [6.45, 7) is 6.28. The number of hydrogen-bond donors (Lipinski definition) is 0. The van der Waals surface area contributed by atoms with Crippen LogP contribution in [0.5, 0.6) is 5.75 Å². The van der Waals surface area contributed by atoms with E-state index in [9.17, 15) is 35.9 Å². The Morgan fingerprint density at radius 2 is 1.72 bits per heavy atom.